The maximum Gasteiger partial charge on any atom is 0.160 e. The van der Waals surface area contributed by atoms with Crippen LogP contribution in [0.25, 0.3) is 104 Å². The first-order chi connectivity index (χ1) is 27.7. The van der Waals surface area contributed by atoms with Crippen molar-refractivity contribution < 1.29 is 0 Å². The standard InChI is InChI=1S/C52H33N3S/c1-3-13-34(14-4-1)35-23-25-37(26-24-35)46-33-47(41-18-8-7-17-40(41)36-15-5-2-6-16-36)54-52(53-46)38-27-29-43-42-19-9-11-21-48(42)55(49(43)31-38)39-28-30-51-45(32-39)44-20-10-12-22-50(44)56-51/h1-33H. The lowest BCUT2D eigenvalue weighted by molar-refractivity contribution is 1.17. The third-order valence-electron chi connectivity index (χ3n) is 10.9. The summed E-state index contributed by atoms with van der Waals surface area (Å²) in [5.41, 5.74) is 12.9. The van der Waals surface area contributed by atoms with Crippen molar-refractivity contribution in [1.29, 1.82) is 0 Å². The van der Waals surface area contributed by atoms with E-state index < -0.39 is 0 Å². The quantitative estimate of drug-likeness (QED) is 0.170. The predicted octanol–water partition coefficient (Wildman–Crippen LogP) is 14.3. The van der Waals surface area contributed by atoms with Crippen LogP contribution in [0.5, 0.6) is 0 Å². The number of aromatic nitrogens is 3. The summed E-state index contributed by atoms with van der Waals surface area (Å²) in [5, 5.41) is 4.99. The average Bonchev–Trinajstić information content (AvgIpc) is 3.82. The van der Waals surface area contributed by atoms with Crippen LogP contribution in [0, 0.1) is 0 Å². The molecule has 0 saturated carbocycles. The minimum absolute atomic E-state index is 0.686. The van der Waals surface area contributed by atoms with E-state index >= 15 is 0 Å². The fourth-order valence-electron chi connectivity index (χ4n) is 8.14. The van der Waals surface area contributed by atoms with Crippen LogP contribution in [0.15, 0.2) is 200 Å². The highest BCUT2D eigenvalue weighted by molar-refractivity contribution is 7.25. The van der Waals surface area contributed by atoms with Crippen molar-refractivity contribution in [3.8, 4) is 61.8 Å². The molecule has 0 saturated heterocycles. The van der Waals surface area contributed by atoms with Crippen LogP contribution in [-0.2, 0) is 0 Å². The normalized spacial score (nSPS) is 11.6. The number of fused-ring (bicyclic) bond motifs is 6. The first kappa shape index (κ1) is 32.3. The number of para-hydroxylation sites is 1. The summed E-state index contributed by atoms with van der Waals surface area (Å²) in [6, 6.07) is 71.4. The van der Waals surface area contributed by atoms with Gasteiger partial charge in [-0.25, -0.2) is 9.97 Å². The Morgan fingerprint density at radius 1 is 0.339 bits per heavy atom. The highest BCUT2D eigenvalue weighted by atomic mass is 32.1. The highest BCUT2D eigenvalue weighted by Crippen LogP contribution is 2.40. The van der Waals surface area contributed by atoms with E-state index in [1.54, 1.807) is 0 Å². The smallest absolute Gasteiger partial charge is 0.160 e. The van der Waals surface area contributed by atoms with Crippen molar-refractivity contribution in [1.82, 2.24) is 14.5 Å². The topological polar surface area (TPSA) is 30.7 Å². The average molecular weight is 732 g/mol. The Balaban J connectivity index is 1.12. The molecule has 0 fully saturated rings. The molecule has 0 aliphatic rings. The van der Waals surface area contributed by atoms with Gasteiger partial charge in [0.15, 0.2) is 5.82 Å². The second kappa shape index (κ2) is 13.3. The third kappa shape index (κ3) is 5.50. The molecule has 0 N–H and O–H groups in total. The predicted molar refractivity (Wildman–Crippen MR) is 236 cm³/mol. The Kier molecular flexibility index (Phi) is 7.68. The number of thiophene rings is 1. The van der Waals surface area contributed by atoms with Gasteiger partial charge in [-0.1, -0.05) is 158 Å². The molecule has 56 heavy (non-hydrogen) atoms. The van der Waals surface area contributed by atoms with E-state index in [-0.39, 0.29) is 0 Å². The Morgan fingerprint density at radius 2 is 0.929 bits per heavy atom. The molecule has 0 bridgehead atoms. The van der Waals surface area contributed by atoms with Crippen molar-refractivity contribution >= 4 is 53.3 Å². The van der Waals surface area contributed by atoms with Gasteiger partial charge in [-0.2, -0.15) is 0 Å². The lowest BCUT2D eigenvalue weighted by Crippen LogP contribution is -1.98. The molecule has 3 nitrogen and oxygen atoms in total. The minimum atomic E-state index is 0.686. The van der Waals surface area contributed by atoms with E-state index in [4.69, 9.17) is 9.97 Å². The van der Waals surface area contributed by atoms with Gasteiger partial charge in [0, 0.05) is 53.3 Å². The maximum absolute atomic E-state index is 5.36. The Hall–Kier alpha value is -7.14. The zero-order chi connectivity index (χ0) is 37.0. The molecule has 0 aliphatic heterocycles. The third-order valence-corrected chi connectivity index (χ3v) is 12.0. The van der Waals surface area contributed by atoms with E-state index in [0.29, 0.717) is 5.82 Å². The van der Waals surface area contributed by atoms with Crippen LogP contribution < -0.4 is 0 Å². The van der Waals surface area contributed by atoms with E-state index in [0.717, 1.165) is 50.4 Å². The number of hydrogen-bond donors (Lipinski definition) is 0. The van der Waals surface area contributed by atoms with Gasteiger partial charge in [0.25, 0.3) is 0 Å². The zero-order valence-electron chi connectivity index (χ0n) is 30.3. The van der Waals surface area contributed by atoms with Crippen LogP contribution >= 0.6 is 11.3 Å². The Labute approximate surface area is 328 Å². The molecule has 0 unspecified atom stereocenters. The molecule has 11 aromatic rings. The highest BCUT2D eigenvalue weighted by Gasteiger charge is 2.18. The second-order valence-corrected chi connectivity index (χ2v) is 15.3. The van der Waals surface area contributed by atoms with E-state index in [1.807, 2.05) is 11.3 Å². The van der Waals surface area contributed by atoms with Crippen molar-refractivity contribution in [3.05, 3.63) is 200 Å². The number of hydrogen-bond acceptors (Lipinski definition) is 3. The number of nitrogens with zero attached hydrogens (tertiary/aromatic N) is 3. The lowest BCUT2D eigenvalue weighted by Gasteiger charge is -2.14. The van der Waals surface area contributed by atoms with Gasteiger partial charge >= 0.3 is 0 Å². The first-order valence-corrected chi connectivity index (χ1v) is 19.7. The number of benzene rings is 8. The molecule has 3 aromatic heterocycles. The monoisotopic (exact) mass is 731 g/mol. The lowest BCUT2D eigenvalue weighted by atomic mass is 9.96. The van der Waals surface area contributed by atoms with Crippen molar-refractivity contribution in [3.63, 3.8) is 0 Å². The van der Waals surface area contributed by atoms with Crippen LogP contribution in [0.3, 0.4) is 0 Å². The largest absolute Gasteiger partial charge is 0.309 e. The van der Waals surface area contributed by atoms with Crippen LogP contribution in [-0.4, -0.2) is 14.5 Å². The van der Waals surface area contributed by atoms with Gasteiger partial charge < -0.3 is 4.57 Å². The molecule has 0 atom stereocenters. The van der Waals surface area contributed by atoms with Gasteiger partial charge in [0.05, 0.1) is 22.4 Å². The SMILES string of the molecule is c1ccc(-c2ccc(-c3cc(-c4ccccc4-c4ccccc4)nc(-c4ccc5c6ccccc6n(-c6ccc7sc8ccccc8c7c6)c5c4)n3)cc2)cc1. The zero-order valence-corrected chi connectivity index (χ0v) is 31.1. The molecule has 0 amide bonds. The first-order valence-electron chi connectivity index (χ1n) is 18.9. The van der Waals surface area contributed by atoms with Gasteiger partial charge in [0.1, 0.15) is 0 Å². The van der Waals surface area contributed by atoms with Gasteiger partial charge in [-0.15, -0.1) is 11.3 Å². The summed E-state index contributed by atoms with van der Waals surface area (Å²) < 4.78 is 5.00. The Morgan fingerprint density at radius 3 is 1.75 bits per heavy atom. The fraction of sp³-hybridized carbons (Fsp3) is 0. The fourth-order valence-corrected chi connectivity index (χ4v) is 9.23. The van der Waals surface area contributed by atoms with Crippen molar-refractivity contribution in [2.45, 2.75) is 0 Å². The molecule has 4 heteroatoms. The van der Waals surface area contributed by atoms with Gasteiger partial charge in [-0.3, -0.25) is 0 Å². The van der Waals surface area contributed by atoms with Gasteiger partial charge in [0.2, 0.25) is 0 Å². The van der Waals surface area contributed by atoms with Gasteiger partial charge in [-0.05, 0) is 64.7 Å². The summed E-state index contributed by atoms with van der Waals surface area (Å²) in [4.78, 5) is 10.7. The summed E-state index contributed by atoms with van der Waals surface area (Å²) in [6.45, 7) is 0. The van der Waals surface area contributed by atoms with Crippen molar-refractivity contribution in [2.24, 2.45) is 0 Å². The van der Waals surface area contributed by atoms with E-state index in [1.165, 1.54) is 47.6 Å². The summed E-state index contributed by atoms with van der Waals surface area (Å²) in [7, 11) is 0. The second-order valence-electron chi connectivity index (χ2n) is 14.2. The number of rotatable bonds is 6. The molecule has 0 spiro atoms. The van der Waals surface area contributed by atoms with Crippen molar-refractivity contribution in [2.75, 3.05) is 0 Å². The molecule has 8 aromatic carbocycles. The molecular formula is C52H33N3S. The molecule has 0 radical (unpaired) electrons. The van der Waals surface area contributed by atoms with Crippen LogP contribution in [0.4, 0.5) is 0 Å². The molecule has 3 heterocycles. The maximum atomic E-state index is 5.36. The molecule has 11 rings (SSSR count). The van der Waals surface area contributed by atoms with E-state index in [2.05, 4.69) is 205 Å². The van der Waals surface area contributed by atoms with E-state index in [9.17, 15) is 0 Å². The summed E-state index contributed by atoms with van der Waals surface area (Å²) >= 11 is 1.85. The molecule has 262 valence electrons. The summed E-state index contributed by atoms with van der Waals surface area (Å²) in [6.07, 6.45) is 0. The molecular weight excluding hydrogens is 699 g/mol. The van der Waals surface area contributed by atoms with Crippen LogP contribution in [0.2, 0.25) is 0 Å². The van der Waals surface area contributed by atoms with Crippen LogP contribution in [0.1, 0.15) is 0 Å². The Bertz CT molecular complexity index is 3230. The summed E-state index contributed by atoms with van der Waals surface area (Å²) in [5.74, 6) is 0.686. The minimum Gasteiger partial charge on any atom is -0.309 e. The molecule has 0 aliphatic carbocycles.